The Hall–Kier alpha value is -2.94. The number of rotatable bonds is 4. The third-order valence-electron chi connectivity index (χ3n) is 4.09. The molecule has 1 aromatic rings. The highest BCUT2D eigenvalue weighted by Crippen LogP contribution is 2.31. The van der Waals surface area contributed by atoms with Crippen LogP contribution in [0.1, 0.15) is 41.5 Å². The van der Waals surface area contributed by atoms with Crippen LogP contribution in [0.15, 0.2) is 24.3 Å². The molecule has 3 amide bonds. The lowest BCUT2D eigenvalue weighted by atomic mass is 9.86. The summed E-state index contributed by atoms with van der Waals surface area (Å²) in [4.78, 5) is 54.1. The molecule has 3 rings (SSSR count). The maximum absolute atomic E-state index is 12.6. The van der Waals surface area contributed by atoms with Crippen LogP contribution in [0, 0.1) is 5.41 Å². The van der Waals surface area contributed by atoms with Crippen LogP contribution in [0.4, 0.5) is 4.79 Å². The second-order valence-electron chi connectivity index (χ2n) is 7.46. The zero-order valence-electron chi connectivity index (χ0n) is 15.2. The van der Waals surface area contributed by atoms with Crippen LogP contribution < -0.4 is 5.32 Å². The Labute approximate surface area is 155 Å². The fourth-order valence-electron chi connectivity index (χ4n) is 2.63. The smallest absolute Gasteiger partial charge is 0.407 e. The molecule has 0 radical (unpaired) electrons. The fraction of sp³-hybridized carbons (Fsp3) is 0.444. The highest BCUT2D eigenvalue weighted by molar-refractivity contribution is 6.20. The molecule has 0 atom stereocenters. The van der Waals surface area contributed by atoms with Gasteiger partial charge in [-0.3, -0.25) is 9.59 Å². The molecule has 27 heavy (non-hydrogen) atoms. The maximum Gasteiger partial charge on any atom is 0.407 e. The Kier molecular flexibility index (Phi) is 4.64. The summed E-state index contributed by atoms with van der Waals surface area (Å²) in [5.41, 5.74) is -1.54. The van der Waals surface area contributed by atoms with E-state index in [1.54, 1.807) is 32.9 Å². The van der Waals surface area contributed by atoms with Crippen molar-refractivity contribution in [3.63, 3.8) is 0 Å². The third-order valence-corrected chi connectivity index (χ3v) is 4.09. The zero-order chi connectivity index (χ0) is 19.8. The van der Waals surface area contributed by atoms with E-state index < -0.39 is 34.9 Å². The van der Waals surface area contributed by atoms with Crippen molar-refractivity contribution >= 4 is 23.9 Å². The second kappa shape index (κ2) is 6.66. The van der Waals surface area contributed by atoms with Gasteiger partial charge < -0.3 is 19.6 Å². The summed E-state index contributed by atoms with van der Waals surface area (Å²) in [6.45, 7) is 5.02. The van der Waals surface area contributed by atoms with E-state index in [2.05, 4.69) is 5.32 Å². The number of imide groups is 1. The molecule has 2 heterocycles. The molecule has 9 nitrogen and oxygen atoms in total. The van der Waals surface area contributed by atoms with Gasteiger partial charge in [0.2, 0.25) is 0 Å². The summed E-state index contributed by atoms with van der Waals surface area (Å²) >= 11 is 0. The van der Waals surface area contributed by atoms with Crippen LogP contribution >= 0.6 is 0 Å². The molecule has 2 aliphatic rings. The van der Waals surface area contributed by atoms with Gasteiger partial charge in [0.05, 0.1) is 24.3 Å². The molecular formula is C18H20N2O7. The molecule has 144 valence electrons. The molecular weight excluding hydrogens is 356 g/mol. The molecule has 1 saturated heterocycles. The maximum atomic E-state index is 12.6. The molecule has 0 saturated carbocycles. The molecule has 1 fully saturated rings. The topological polar surface area (TPSA) is 111 Å². The van der Waals surface area contributed by atoms with Crippen molar-refractivity contribution in [2.75, 3.05) is 19.8 Å². The number of hydrogen-bond donors (Lipinski definition) is 1. The lowest BCUT2D eigenvalue weighted by molar-refractivity contribution is -0.206. The second-order valence-corrected chi connectivity index (χ2v) is 7.46. The van der Waals surface area contributed by atoms with Gasteiger partial charge in [-0.2, -0.15) is 0 Å². The minimum Gasteiger partial charge on any atom is -0.444 e. The van der Waals surface area contributed by atoms with Crippen molar-refractivity contribution in [1.29, 1.82) is 0 Å². The van der Waals surface area contributed by atoms with E-state index in [-0.39, 0.29) is 30.9 Å². The Morgan fingerprint density at radius 1 is 1.15 bits per heavy atom. The summed E-state index contributed by atoms with van der Waals surface area (Å²) in [5.74, 6) is -2.25. The van der Waals surface area contributed by atoms with E-state index in [0.29, 0.717) is 5.06 Å². The van der Waals surface area contributed by atoms with Crippen molar-refractivity contribution in [3.8, 4) is 0 Å². The predicted octanol–water partition coefficient (Wildman–Crippen LogP) is 1.28. The SMILES string of the molecule is CC(C)(C)OC(=O)NCC1(C(=O)ON2C(=O)c3ccccc3C2=O)COC1. The number of alkyl carbamates (subject to hydrolysis) is 1. The molecule has 0 unspecified atom stereocenters. The number of nitrogens with zero attached hydrogens (tertiary/aromatic N) is 1. The van der Waals surface area contributed by atoms with Crippen LogP contribution in [0.5, 0.6) is 0 Å². The summed E-state index contributed by atoms with van der Waals surface area (Å²) < 4.78 is 10.2. The van der Waals surface area contributed by atoms with Gasteiger partial charge in [-0.05, 0) is 32.9 Å². The Bertz CT molecular complexity index is 773. The van der Waals surface area contributed by atoms with Crippen molar-refractivity contribution in [1.82, 2.24) is 10.4 Å². The number of hydrogen-bond acceptors (Lipinski definition) is 7. The number of carbonyl (C=O) groups is 4. The number of amides is 3. The van der Waals surface area contributed by atoms with E-state index in [0.717, 1.165) is 0 Å². The van der Waals surface area contributed by atoms with E-state index in [4.69, 9.17) is 14.3 Å². The monoisotopic (exact) mass is 376 g/mol. The summed E-state index contributed by atoms with van der Waals surface area (Å²) in [7, 11) is 0. The molecule has 2 aliphatic heterocycles. The molecule has 9 heteroatoms. The zero-order valence-corrected chi connectivity index (χ0v) is 15.2. The molecule has 0 spiro atoms. The number of hydroxylamine groups is 2. The number of nitrogens with one attached hydrogen (secondary N) is 1. The Morgan fingerprint density at radius 2 is 1.70 bits per heavy atom. The third kappa shape index (κ3) is 3.63. The number of carbonyl (C=O) groups excluding carboxylic acids is 4. The average molecular weight is 376 g/mol. The predicted molar refractivity (Wildman–Crippen MR) is 90.5 cm³/mol. The number of ether oxygens (including phenoxy) is 2. The van der Waals surface area contributed by atoms with Gasteiger partial charge in [-0.25, -0.2) is 9.59 Å². The first-order valence-electron chi connectivity index (χ1n) is 8.38. The average Bonchev–Trinajstić information content (AvgIpc) is 2.78. The molecule has 1 aromatic carbocycles. The first kappa shape index (κ1) is 18.8. The Balaban J connectivity index is 1.65. The molecule has 0 bridgehead atoms. The fourth-order valence-corrected chi connectivity index (χ4v) is 2.63. The van der Waals surface area contributed by atoms with Crippen LogP contribution in [-0.2, 0) is 19.1 Å². The largest absolute Gasteiger partial charge is 0.444 e. The highest BCUT2D eigenvalue weighted by atomic mass is 16.7. The minimum atomic E-state index is -1.19. The lowest BCUT2D eigenvalue weighted by Crippen LogP contribution is -2.58. The van der Waals surface area contributed by atoms with Gasteiger partial charge in [-0.15, -0.1) is 0 Å². The van der Waals surface area contributed by atoms with Crippen molar-refractivity contribution < 1.29 is 33.5 Å². The first-order valence-corrected chi connectivity index (χ1v) is 8.38. The van der Waals surface area contributed by atoms with Gasteiger partial charge in [0.25, 0.3) is 11.8 Å². The van der Waals surface area contributed by atoms with Gasteiger partial charge in [-0.1, -0.05) is 17.2 Å². The van der Waals surface area contributed by atoms with E-state index in [1.165, 1.54) is 12.1 Å². The van der Waals surface area contributed by atoms with Gasteiger partial charge in [0.1, 0.15) is 11.0 Å². The standard InChI is InChI=1S/C18H20N2O7/c1-17(2,3)26-16(24)19-8-18(9-25-10-18)15(23)27-20-13(21)11-6-4-5-7-12(11)14(20)22/h4-7H,8-10H2,1-3H3,(H,19,24). The summed E-state index contributed by atoms with van der Waals surface area (Å²) in [5, 5.41) is 2.94. The minimum absolute atomic E-state index is 0.00913. The van der Waals surface area contributed by atoms with E-state index in [1.807, 2.05) is 0 Å². The van der Waals surface area contributed by atoms with E-state index in [9.17, 15) is 19.2 Å². The van der Waals surface area contributed by atoms with Crippen LogP contribution in [-0.4, -0.2) is 54.3 Å². The molecule has 0 aromatic heterocycles. The first-order chi connectivity index (χ1) is 12.6. The van der Waals surface area contributed by atoms with Gasteiger partial charge in [0, 0.05) is 6.54 Å². The molecule has 0 aliphatic carbocycles. The van der Waals surface area contributed by atoms with Crippen LogP contribution in [0.25, 0.3) is 0 Å². The lowest BCUT2D eigenvalue weighted by Gasteiger charge is -2.39. The summed E-state index contributed by atoms with van der Waals surface area (Å²) in [6.07, 6.45) is -0.692. The van der Waals surface area contributed by atoms with Crippen molar-refractivity contribution in [2.24, 2.45) is 5.41 Å². The van der Waals surface area contributed by atoms with Crippen molar-refractivity contribution in [3.05, 3.63) is 35.4 Å². The van der Waals surface area contributed by atoms with Gasteiger partial charge in [0.15, 0.2) is 0 Å². The number of benzene rings is 1. The summed E-state index contributed by atoms with van der Waals surface area (Å²) in [6, 6.07) is 6.19. The quantitative estimate of drug-likeness (QED) is 0.788. The van der Waals surface area contributed by atoms with Gasteiger partial charge >= 0.3 is 12.1 Å². The van der Waals surface area contributed by atoms with Crippen LogP contribution in [0.3, 0.4) is 0 Å². The Morgan fingerprint density at radius 3 is 2.15 bits per heavy atom. The molecule has 1 N–H and O–H groups in total. The normalized spacial score (nSPS) is 17.8. The number of fused-ring (bicyclic) bond motifs is 1. The van der Waals surface area contributed by atoms with Crippen molar-refractivity contribution in [2.45, 2.75) is 26.4 Å². The highest BCUT2D eigenvalue weighted by Gasteiger charge is 2.51. The van der Waals surface area contributed by atoms with Crippen LogP contribution in [0.2, 0.25) is 0 Å². The van der Waals surface area contributed by atoms with E-state index >= 15 is 0 Å².